The lowest BCUT2D eigenvalue weighted by Gasteiger charge is -2.28. The summed E-state index contributed by atoms with van der Waals surface area (Å²) >= 11 is 3.49. The Labute approximate surface area is 107 Å². The van der Waals surface area contributed by atoms with Crippen molar-refractivity contribution in [3.05, 3.63) is 34.3 Å². The van der Waals surface area contributed by atoms with E-state index >= 15 is 0 Å². The first-order chi connectivity index (χ1) is 7.79. The van der Waals surface area contributed by atoms with Crippen LogP contribution in [-0.4, -0.2) is 6.54 Å². The quantitative estimate of drug-likeness (QED) is 0.888. The van der Waals surface area contributed by atoms with Crippen LogP contribution in [0.15, 0.2) is 28.7 Å². The van der Waals surface area contributed by atoms with Crippen LogP contribution in [-0.2, 0) is 0 Å². The molecule has 0 aromatic heterocycles. The summed E-state index contributed by atoms with van der Waals surface area (Å²) in [4.78, 5) is 0. The predicted molar refractivity (Wildman–Crippen MR) is 72.5 cm³/mol. The van der Waals surface area contributed by atoms with Crippen LogP contribution in [0.3, 0.4) is 0 Å². The summed E-state index contributed by atoms with van der Waals surface area (Å²) in [6.07, 6.45) is 6.61. The van der Waals surface area contributed by atoms with Crippen molar-refractivity contribution in [3.8, 4) is 0 Å². The van der Waals surface area contributed by atoms with Gasteiger partial charge in [-0.2, -0.15) is 0 Å². The summed E-state index contributed by atoms with van der Waals surface area (Å²) < 4.78 is 1.17. The Morgan fingerprint density at radius 1 is 1.06 bits per heavy atom. The largest absolute Gasteiger partial charge is 0.330 e. The minimum absolute atomic E-state index is 0.780. The van der Waals surface area contributed by atoms with Crippen LogP contribution in [0.5, 0.6) is 0 Å². The summed E-state index contributed by atoms with van der Waals surface area (Å²) in [6.45, 7) is 0.855. The standard InChI is InChI=1S/C14H20BrN/c15-14-7-5-13(6-8-14)12-3-1-11(2-4-12)9-10-16/h5-8,11-12H,1-4,9-10,16H2. The molecule has 1 fully saturated rings. The van der Waals surface area contributed by atoms with Gasteiger partial charge in [-0.3, -0.25) is 0 Å². The average molecular weight is 282 g/mol. The van der Waals surface area contributed by atoms with Crippen molar-refractivity contribution >= 4 is 15.9 Å². The van der Waals surface area contributed by atoms with Crippen molar-refractivity contribution in [2.45, 2.75) is 38.0 Å². The highest BCUT2D eigenvalue weighted by Crippen LogP contribution is 2.37. The smallest absolute Gasteiger partial charge is 0.0175 e. The van der Waals surface area contributed by atoms with Crippen LogP contribution >= 0.6 is 15.9 Å². The minimum Gasteiger partial charge on any atom is -0.330 e. The van der Waals surface area contributed by atoms with E-state index in [4.69, 9.17) is 5.73 Å². The zero-order chi connectivity index (χ0) is 11.4. The third kappa shape index (κ3) is 3.08. The van der Waals surface area contributed by atoms with E-state index in [0.717, 1.165) is 18.4 Å². The van der Waals surface area contributed by atoms with Crippen LogP contribution < -0.4 is 5.73 Å². The number of rotatable bonds is 3. The van der Waals surface area contributed by atoms with Gasteiger partial charge in [-0.25, -0.2) is 0 Å². The van der Waals surface area contributed by atoms with Crippen LogP contribution in [0.2, 0.25) is 0 Å². The van der Waals surface area contributed by atoms with Crippen LogP contribution in [0.1, 0.15) is 43.6 Å². The van der Waals surface area contributed by atoms with Crippen LogP contribution in [0, 0.1) is 5.92 Å². The van der Waals surface area contributed by atoms with Crippen molar-refractivity contribution in [1.29, 1.82) is 0 Å². The van der Waals surface area contributed by atoms with Gasteiger partial charge in [0.25, 0.3) is 0 Å². The average Bonchev–Trinajstić information content (AvgIpc) is 2.32. The fraction of sp³-hybridized carbons (Fsp3) is 0.571. The summed E-state index contributed by atoms with van der Waals surface area (Å²) in [7, 11) is 0. The van der Waals surface area contributed by atoms with Crippen molar-refractivity contribution in [2.75, 3.05) is 6.54 Å². The lowest BCUT2D eigenvalue weighted by atomic mass is 9.77. The second-order valence-electron chi connectivity index (χ2n) is 4.85. The maximum atomic E-state index is 5.62. The summed E-state index contributed by atoms with van der Waals surface area (Å²) in [5.74, 6) is 1.67. The molecule has 0 radical (unpaired) electrons. The topological polar surface area (TPSA) is 26.0 Å². The first-order valence-electron chi connectivity index (χ1n) is 6.25. The zero-order valence-corrected chi connectivity index (χ0v) is 11.2. The van der Waals surface area contributed by atoms with Gasteiger partial charge >= 0.3 is 0 Å². The normalized spacial score (nSPS) is 25.6. The molecule has 0 atom stereocenters. The maximum Gasteiger partial charge on any atom is 0.0175 e. The molecule has 1 aromatic carbocycles. The van der Waals surface area contributed by atoms with Gasteiger partial charge in [0.15, 0.2) is 0 Å². The van der Waals surface area contributed by atoms with Crippen LogP contribution in [0.4, 0.5) is 0 Å². The predicted octanol–water partition coefficient (Wildman–Crippen LogP) is 4.07. The Kier molecular flexibility index (Phi) is 4.42. The third-order valence-electron chi connectivity index (χ3n) is 3.76. The highest BCUT2D eigenvalue weighted by Gasteiger charge is 2.21. The van der Waals surface area contributed by atoms with Crippen molar-refractivity contribution in [2.24, 2.45) is 11.7 Å². The lowest BCUT2D eigenvalue weighted by Crippen LogP contribution is -2.16. The molecule has 1 saturated carbocycles. The van der Waals surface area contributed by atoms with E-state index in [9.17, 15) is 0 Å². The molecule has 1 aliphatic rings. The molecule has 1 aliphatic carbocycles. The summed E-state index contributed by atoms with van der Waals surface area (Å²) in [5, 5.41) is 0. The van der Waals surface area contributed by atoms with Gasteiger partial charge in [0, 0.05) is 4.47 Å². The molecular formula is C14H20BrN. The lowest BCUT2D eigenvalue weighted by molar-refractivity contribution is 0.313. The van der Waals surface area contributed by atoms with E-state index in [-0.39, 0.29) is 0 Å². The molecule has 0 saturated heterocycles. The first-order valence-corrected chi connectivity index (χ1v) is 7.04. The fourth-order valence-electron chi connectivity index (χ4n) is 2.76. The van der Waals surface area contributed by atoms with Gasteiger partial charge < -0.3 is 5.73 Å². The molecule has 0 spiro atoms. The molecule has 0 unspecified atom stereocenters. The Hall–Kier alpha value is -0.340. The number of hydrogen-bond acceptors (Lipinski definition) is 1. The highest BCUT2D eigenvalue weighted by atomic mass is 79.9. The van der Waals surface area contributed by atoms with Crippen molar-refractivity contribution in [1.82, 2.24) is 0 Å². The van der Waals surface area contributed by atoms with Crippen LogP contribution in [0.25, 0.3) is 0 Å². The summed E-state index contributed by atoms with van der Waals surface area (Å²) in [5.41, 5.74) is 7.13. The van der Waals surface area contributed by atoms with Gasteiger partial charge in [0.1, 0.15) is 0 Å². The highest BCUT2D eigenvalue weighted by molar-refractivity contribution is 9.10. The second-order valence-corrected chi connectivity index (χ2v) is 5.76. The number of hydrogen-bond donors (Lipinski definition) is 1. The van der Waals surface area contributed by atoms with Gasteiger partial charge in [-0.15, -0.1) is 0 Å². The fourth-order valence-corrected chi connectivity index (χ4v) is 3.02. The Bertz CT molecular complexity index is 312. The molecule has 2 heteroatoms. The zero-order valence-electron chi connectivity index (χ0n) is 9.66. The maximum absolute atomic E-state index is 5.62. The molecule has 2 rings (SSSR count). The molecule has 2 N–H and O–H groups in total. The molecular weight excluding hydrogens is 262 g/mol. The van der Waals surface area contributed by atoms with E-state index in [0.29, 0.717) is 0 Å². The molecule has 16 heavy (non-hydrogen) atoms. The molecule has 0 aliphatic heterocycles. The number of halogens is 1. The van der Waals surface area contributed by atoms with Gasteiger partial charge in [0.2, 0.25) is 0 Å². The minimum atomic E-state index is 0.780. The molecule has 0 amide bonds. The van der Waals surface area contributed by atoms with E-state index in [1.807, 2.05) is 0 Å². The summed E-state index contributed by atoms with van der Waals surface area (Å²) in [6, 6.07) is 8.83. The third-order valence-corrected chi connectivity index (χ3v) is 4.29. The Morgan fingerprint density at radius 2 is 1.69 bits per heavy atom. The molecule has 0 bridgehead atoms. The van der Waals surface area contributed by atoms with Crippen molar-refractivity contribution in [3.63, 3.8) is 0 Å². The van der Waals surface area contributed by atoms with Gasteiger partial charge in [-0.05, 0) is 68.2 Å². The molecule has 0 heterocycles. The number of nitrogens with two attached hydrogens (primary N) is 1. The van der Waals surface area contributed by atoms with Gasteiger partial charge in [0.05, 0.1) is 0 Å². The van der Waals surface area contributed by atoms with E-state index < -0.39 is 0 Å². The SMILES string of the molecule is NCCC1CCC(c2ccc(Br)cc2)CC1. The molecule has 88 valence electrons. The van der Waals surface area contributed by atoms with Gasteiger partial charge in [-0.1, -0.05) is 28.1 Å². The number of benzene rings is 1. The van der Waals surface area contributed by atoms with E-state index in [1.54, 1.807) is 0 Å². The van der Waals surface area contributed by atoms with E-state index in [2.05, 4.69) is 40.2 Å². The molecule has 1 nitrogen and oxygen atoms in total. The van der Waals surface area contributed by atoms with Crippen molar-refractivity contribution < 1.29 is 0 Å². The Morgan fingerprint density at radius 3 is 2.25 bits per heavy atom. The Balaban J connectivity index is 1.91. The molecule has 1 aromatic rings. The first kappa shape index (κ1) is 12.1. The van der Waals surface area contributed by atoms with E-state index in [1.165, 1.54) is 42.1 Å². The monoisotopic (exact) mass is 281 g/mol. The second kappa shape index (κ2) is 5.83.